The van der Waals surface area contributed by atoms with Crippen molar-refractivity contribution < 1.29 is 8.78 Å². The fourth-order valence-electron chi connectivity index (χ4n) is 3.24. The number of halogens is 2. The second-order valence-electron chi connectivity index (χ2n) is 5.69. The van der Waals surface area contributed by atoms with E-state index in [-0.39, 0.29) is 5.41 Å². The molecule has 0 spiro atoms. The molecule has 0 amide bonds. The van der Waals surface area contributed by atoms with Gasteiger partial charge in [-0.2, -0.15) is 8.78 Å². The zero-order valence-electron chi connectivity index (χ0n) is 10.3. The highest BCUT2D eigenvalue weighted by atomic mass is 19.3. The van der Waals surface area contributed by atoms with Gasteiger partial charge in [-0.15, -0.1) is 0 Å². The van der Waals surface area contributed by atoms with E-state index in [4.69, 9.17) is 0 Å². The molecular formula is C14H20F2. The quantitative estimate of drug-likeness (QED) is 0.514. The minimum Gasteiger partial charge on any atom is -0.173 e. The molecular weight excluding hydrogens is 206 g/mol. The lowest BCUT2D eigenvalue weighted by molar-refractivity contribution is 0.142. The van der Waals surface area contributed by atoms with Crippen molar-refractivity contribution in [2.24, 2.45) is 17.3 Å². The Morgan fingerprint density at radius 1 is 1.38 bits per heavy atom. The summed E-state index contributed by atoms with van der Waals surface area (Å²) in [5.41, 5.74) is 1.79. The molecule has 2 aliphatic rings. The molecule has 0 saturated heterocycles. The lowest BCUT2D eigenvalue weighted by atomic mass is 9.57. The first kappa shape index (κ1) is 11.8. The van der Waals surface area contributed by atoms with Gasteiger partial charge in [-0.3, -0.25) is 0 Å². The fourth-order valence-corrected chi connectivity index (χ4v) is 3.24. The molecule has 2 heteroatoms. The largest absolute Gasteiger partial charge is 0.269 e. The molecule has 0 radical (unpaired) electrons. The lowest BCUT2D eigenvalue weighted by Gasteiger charge is -2.47. The predicted octanol–water partition coefficient (Wildman–Crippen LogP) is 4.93. The highest BCUT2D eigenvalue weighted by Gasteiger charge is 2.42. The summed E-state index contributed by atoms with van der Waals surface area (Å²) in [6.07, 6.45) is 3.79. The van der Waals surface area contributed by atoms with Crippen LogP contribution in [-0.4, -0.2) is 0 Å². The molecule has 0 aromatic rings. The van der Waals surface area contributed by atoms with Crippen molar-refractivity contribution in [2.45, 2.75) is 46.5 Å². The van der Waals surface area contributed by atoms with E-state index in [0.717, 1.165) is 12.8 Å². The Morgan fingerprint density at radius 3 is 2.69 bits per heavy atom. The third kappa shape index (κ3) is 1.72. The Bertz CT molecular complexity index is 350. The Kier molecular flexibility index (Phi) is 2.93. The minimum atomic E-state index is -1.45. The van der Waals surface area contributed by atoms with E-state index in [1.165, 1.54) is 5.57 Å². The molecule has 0 nitrogen and oxygen atoms in total. The van der Waals surface area contributed by atoms with Crippen LogP contribution in [0, 0.1) is 17.3 Å². The van der Waals surface area contributed by atoms with Crippen molar-refractivity contribution in [3.05, 3.63) is 23.3 Å². The number of hydrogen-bond donors (Lipinski definition) is 0. The third-order valence-electron chi connectivity index (χ3n) is 4.95. The van der Waals surface area contributed by atoms with Gasteiger partial charge >= 0.3 is 0 Å². The van der Waals surface area contributed by atoms with Crippen molar-refractivity contribution in [1.29, 1.82) is 0 Å². The lowest BCUT2D eigenvalue weighted by Crippen LogP contribution is -2.37. The Morgan fingerprint density at radius 2 is 2.06 bits per heavy atom. The van der Waals surface area contributed by atoms with Crippen LogP contribution in [0.25, 0.3) is 0 Å². The molecule has 0 heterocycles. The van der Waals surface area contributed by atoms with E-state index in [1.807, 2.05) is 0 Å². The fraction of sp³-hybridized carbons (Fsp3) is 0.714. The van der Waals surface area contributed by atoms with Gasteiger partial charge in [-0.05, 0) is 48.5 Å². The van der Waals surface area contributed by atoms with Crippen molar-refractivity contribution in [1.82, 2.24) is 0 Å². The van der Waals surface area contributed by atoms with E-state index >= 15 is 0 Å². The first-order valence-corrected chi connectivity index (χ1v) is 6.17. The van der Waals surface area contributed by atoms with Crippen molar-refractivity contribution in [3.8, 4) is 0 Å². The molecule has 0 aromatic heterocycles. The Hall–Kier alpha value is -0.660. The molecule has 0 aliphatic heterocycles. The molecule has 16 heavy (non-hydrogen) atoms. The van der Waals surface area contributed by atoms with Crippen LogP contribution in [0.2, 0.25) is 0 Å². The van der Waals surface area contributed by atoms with Crippen LogP contribution in [0.1, 0.15) is 46.5 Å². The summed E-state index contributed by atoms with van der Waals surface area (Å²) in [5, 5.41) is 0. The molecule has 0 bridgehead atoms. The van der Waals surface area contributed by atoms with Gasteiger partial charge in [-0.1, -0.05) is 32.4 Å². The first-order chi connectivity index (χ1) is 7.45. The highest BCUT2D eigenvalue weighted by molar-refractivity contribution is 5.29. The number of allylic oxidation sites excluding steroid dienone is 3. The molecule has 2 aliphatic carbocycles. The van der Waals surface area contributed by atoms with E-state index in [0.29, 0.717) is 30.3 Å². The molecule has 90 valence electrons. The Balaban J connectivity index is 2.31. The molecule has 1 saturated carbocycles. The molecule has 3 atom stereocenters. The maximum absolute atomic E-state index is 12.6. The third-order valence-corrected chi connectivity index (χ3v) is 4.95. The SMILES string of the molecule is CC1CC=C2CC(=C(F)F)CCC2(C)C1C. The molecule has 1 fully saturated rings. The minimum absolute atomic E-state index is 0.163. The standard InChI is InChI=1S/C14H20F2/c1-9-4-5-12-8-11(13(15)16)6-7-14(12,3)10(9)2/h5,9-10H,4,6-8H2,1-3H3. The first-order valence-electron chi connectivity index (χ1n) is 6.17. The van der Waals surface area contributed by atoms with Gasteiger partial charge < -0.3 is 0 Å². The molecule has 2 rings (SSSR count). The van der Waals surface area contributed by atoms with Crippen LogP contribution in [0.3, 0.4) is 0 Å². The van der Waals surface area contributed by atoms with Gasteiger partial charge in [0.2, 0.25) is 0 Å². The van der Waals surface area contributed by atoms with Crippen LogP contribution < -0.4 is 0 Å². The van der Waals surface area contributed by atoms with Crippen LogP contribution in [0.5, 0.6) is 0 Å². The van der Waals surface area contributed by atoms with Crippen molar-refractivity contribution in [2.75, 3.05) is 0 Å². The van der Waals surface area contributed by atoms with Crippen LogP contribution in [0.4, 0.5) is 8.78 Å². The smallest absolute Gasteiger partial charge is 0.173 e. The maximum Gasteiger partial charge on any atom is 0.269 e. The zero-order valence-corrected chi connectivity index (χ0v) is 10.3. The molecule has 3 unspecified atom stereocenters. The van der Waals surface area contributed by atoms with Gasteiger partial charge in [0, 0.05) is 0 Å². The average Bonchev–Trinajstić information content (AvgIpc) is 2.24. The van der Waals surface area contributed by atoms with Crippen LogP contribution >= 0.6 is 0 Å². The second kappa shape index (κ2) is 3.97. The van der Waals surface area contributed by atoms with Crippen LogP contribution in [0.15, 0.2) is 23.3 Å². The zero-order chi connectivity index (χ0) is 11.9. The summed E-state index contributed by atoms with van der Waals surface area (Å²) < 4.78 is 25.3. The summed E-state index contributed by atoms with van der Waals surface area (Å²) in [7, 11) is 0. The van der Waals surface area contributed by atoms with Gasteiger partial charge in [-0.25, -0.2) is 0 Å². The number of fused-ring (bicyclic) bond motifs is 1. The Labute approximate surface area is 96.4 Å². The van der Waals surface area contributed by atoms with Crippen molar-refractivity contribution >= 4 is 0 Å². The van der Waals surface area contributed by atoms with Crippen LogP contribution in [-0.2, 0) is 0 Å². The van der Waals surface area contributed by atoms with E-state index in [1.54, 1.807) is 0 Å². The highest BCUT2D eigenvalue weighted by Crippen LogP contribution is 2.53. The van der Waals surface area contributed by atoms with E-state index in [2.05, 4.69) is 26.8 Å². The van der Waals surface area contributed by atoms with Gasteiger partial charge in [0.1, 0.15) is 0 Å². The second-order valence-corrected chi connectivity index (χ2v) is 5.69. The number of rotatable bonds is 0. The maximum atomic E-state index is 12.6. The predicted molar refractivity (Wildman–Crippen MR) is 62.2 cm³/mol. The van der Waals surface area contributed by atoms with Crippen molar-refractivity contribution in [3.63, 3.8) is 0 Å². The summed E-state index contributed by atoms with van der Waals surface area (Å²) >= 11 is 0. The summed E-state index contributed by atoms with van der Waals surface area (Å²) in [5.74, 6) is 1.28. The normalized spacial score (nSPS) is 39.1. The van der Waals surface area contributed by atoms with Gasteiger partial charge in [0.05, 0.1) is 0 Å². The van der Waals surface area contributed by atoms with Gasteiger partial charge in [0.25, 0.3) is 6.08 Å². The van der Waals surface area contributed by atoms with E-state index < -0.39 is 6.08 Å². The topological polar surface area (TPSA) is 0 Å². The molecule has 0 N–H and O–H groups in total. The van der Waals surface area contributed by atoms with Gasteiger partial charge in [0.15, 0.2) is 0 Å². The molecule has 0 aromatic carbocycles. The summed E-state index contributed by atoms with van der Waals surface area (Å²) in [6, 6.07) is 0. The summed E-state index contributed by atoms with van der Waals surface area (Å²) in [6.45, 7) is 6.80. The monoisotopic (exact) mass is 226 g/mol. The average molecular weight is 226 g/mol. The number of hydrogen-bond acceptors (Lipinski definition) is 0. The summed E-state index contributed by atoms with van der Waals surface area (Å²) in [4.78, 5) is 0. The van der Waals surface area contributed by atoms with E-state index in [9.17, 15) is 8.78 Å².